The highest BCUT2D eigenvalue weighted by Crippen LogP contribution is 2.21. The maximum atomic E-state index is 4.50. The summed E-state index contributed by atoms with van der Waals surface area (Å²) < 4.78 is 1.02. The molecular weight excluding hydrogens is 352 g/mol. The van der Waals surface area contributed by atoms with Gasteiger partial charge < -0.3 is 10.6 Å². The van der Waals surface area contributed by atoms with Crippen molar-refractivity contribution in [2.24, 2.45) is 0 Å². The molecule has 0 atom stereocenters. The Kier molecular flexibility index (Phi) is 4.57. The first-order chi connectivity index (χ1) is 11.1. The first-order valence-electron chi connectivity index (χ1n) is 7.29. The van der Waals surface area contributed by atoms with E-state index in [2.05, 4.69) is 68.6 Å². The van der Waals surface area contributed by atoms with Crippen molar-refractivity contribution in [3.8, 4) is 0 Å². The van der Waals surface area contributed by atoms with E-state index in [-0.39, 0.29) is 0 Å². The molecule has 2 aromatic carbocycles. The third-order valence-electron chi connectivity index (χ3n) is 3.23. The molecule has 3 rings (SSSR count). The van der Waals surface area contributed by atoms with Crippen LogP contribution in [0, 0.1) is 13.8 Å². The van der Waals surface area contributed by atoms with Gasteiger partial charge in [-0.15, -0.1) is 0 Å². The SMILES string of the molecule is Cc1cc(C)cc(Nc2nccc(Nc3cccc(Br)c3)n2)c1. The Bertz CT molecular complexity index is 813. The van der Waals surface area contributed by atoms with Gasteiger partial charge in [0.25, 0.3) is 0 Å². The number of hydrogen-bond acceptors (Lipinski definition) is 4. The molecule has 3 aromatic rings. The standard InChI is InChI=1S/C18H17BrN4/c1-12-8-13(2)10-16(9-12)22-18-20-7-6-17(23-18)21-15-5-3-4-14(19)11-15/h3-11H,1-2H3,(H2,20,21,22,23). The Hall–Kier alpha value is -2.40. The first-order valence-corrected chi connectivity index (χ1v) is 8.09. The quantitative estimate of drug-likeness (QED) is 0.652. The van der Waals surface area contributed by atoms with Gasteiger partial charge in [0.05, 0.1) is 0 Å². The van der Waals surface area contributed by atoms with E-state index in [0.29, 0.717) is 5.95 Å². The Labute approximate surface area is 144 Å². The summed E-state index contributed by atoms with van der Waals surface area (Å²) in [6.07, 6.45) is 1.73. The highest BCUT2D eigenvalue weighted by atomic mass is 79.9. The Morgan fingerprint density at radius 1 is 0.870 bits per heavy atom. The third kappa shape index (κ3) is 4.29. The molecule has 116 valence electrons. The molecule has 2 N–H and O–H groups in total. The smallest absolute Gasteiger partial charge is 0.229 e. The minimum atomic E-state index is 0.565. The van der Waals surface area contributed by atoms with Gasteiger partial charge in [-0.2, -0.15) is 4.98 Å². The van der Waals surface area contributed by atoms with Crippen LogP contribution in [0.5, 0.6) is 0 Å². The van der Waals surface area contributed by atoms with Crippen molar-refractivity contribution in [1.29, 1.82) is 0 Å². The minimum Gasteiger partial charge on any atom is -0.340 e. The molecule has 0 amide bonds. The second-order valence-corrected chi connectivity index (χ2v) is 6.32. The number of halogens is 1. The maximum Gasteiger partial charge on any atom is 0.229 e. The fourth-order valence-corrected chi connectivity index (χ4v) is 2.78. The van der Waals surface area contributed by atoms with Crippen LogP contribution < -0.4 is 10.6 Å². The summed E-state index contributed by atoms with van der Waals surface area (Å²) in [7, 11) is 0. The van der Waals surface area contributed by atoms with Crippen LogP contribution >= 0.6 is 15.9 Å². The van der Waals surface area contributed by atoms with Gasteiger partial charge in [-0.25, -0.2) is 4.98 Å². The number of nitrogens with one attached hydrogen (secondary N) is 2. The van der Waals surface area contributed by atoms with Crippen molar-refractivity contribution in [3.05, 3.63) is 70.3 Å². The van der Waals surface area contributed by atoms with Gasteiger partial charge in [-0.3, -0.25) is 0 Å². The average molecular weight is 369 g/mol. The zero-order valence-corrected chi connectivity index (χ0v) is 14.6. The van der Waals surface area contributed by atoms with Crippen molar-refractivity contribution in [2.45, 2.75) is 13.8 Å². The van der Waals surface area contributed by atoms with Gasteiger partial charge in [-0.1, -0.05) is 28.1 Å². The van der Waals surface area contributed by atoms with E-state index in [1.54, 1.807) is 6.20 Å². The number of hydrogen-bond donors (Lipinski definition) is 2. The molecule has 0 aliphatic carbocycles. The zero-order chi connectivity index (χ0) is 16.2. The van der Waals surface area contributed by atoms with E-state index in [9.17, 15) is 0 Å². The number of aromatic nitrogens is 2. The third-order valence-corrected chi connectivity index (χ3v) is 3.72. The minimum absolute atomic E-state index is 0.565. The Morgan fingerprint density at radius 2 is 1.65 bits per heavy atom. The van der Waals surface area contributed by atoms with E-state index in [0.717, 1.165) is 21.7 Å². The van der Waals surface area contributed by atoms with Gasteiger partial charge in [-0.05, 0) is 61.4 Å². The molecule has 0 radical (unpaired) electrons. The molecule has 23 heavy (non-hydrogen) atoms. The van der Waals surface area contributed by atoms with Crippen molar-refractivity contribution < 1.29 is 0 Å². The number of aryl methyl sites for hydroxylation is 2. The van der Waals surface area contributed by atoms with Crippen LogP contribution in [0.3, 0.4) is 0 Å². The molecule has 0 aliphatic rings. The number of benzene rings is 2. The molecule has 0 saturated carbocycles. The van der Waals surface area contributed by atoms with Crippen LogP contribution in [0.25, 0.3) is 0 Å². The number of anilines is 4. The highest BCUT2D eigenvalue weighted by Gasteiger charge is 2.02. The maximum absolute atomic E-state index is 4.50. The van der Waals surface area contributed by atoms with Crippen LogP contribution in [0.4, 0.5) is 23.1 Å². The molecule has 0 spiro atoms. The zero-order valence-electron chi connectivity index (χ0n) is 13.0. The predicted molar refractivity (Wildman–Crippen MR) is 98.7 cm³/mol. The van der Waals surface area contributed by atoms with Crippen molar-refractivity contribution >= 4 is 39.1 Å². The number of nitrogens with zero attached hydrogens (tertiary/aromatic N) is 2. The molecule has 4 nitrogen and oxygen atoms in total. The van der Waals surface area contributed by atoms with Crippen LogP contribution in [0.2, 0.25) is 0 Å². The number of rotatable bonds is 4. The van der Waals surface area contributed by atoms with Crippen molar-refractivity contribution in [2.75, 3.05) is 10.6 Å². The van der Waals surface area contributed by atoms with Crippen LogP contribution in [-0.2, 0) is 0 Å². The van der Waals surface area contributed by atoms with Gasteiger partial charge in [0.1, 0.15) is 5.82 Å². The van der Waals surface area contributed by atoms with Crippen LogP contribution in [0.15, 0.2) is 59.2 Å². The van der Waals surface area contributed by atoms with Gasteiger partial charge in [0.15, 0.2) is 0 Å². The lowest BCUT2D eigenvalue weighted by molar-refractivity contribution is 1.16. The molecule has 0 saturated heterocycles. The van der Waals surface area contributed by atoms with E-state index >= 15 is 0 Å². The molecule has 0 bridgehead atoms. The largest absolute Gasteiger partial charge is 0.340 e. The molecule has 5 heteroatoms. The molecule has 0 fully saturated rings. The lowest BCUT2D eigenvalue weighted by atomic mass is 10.1. The van der Waals surface area contributed by atoms with Gasteiger partial charge >= 0.3 is 0 Å². The molecule has 1 aromatic heterocycles. The first kappa shape index (κ1) is 15.5. The summed E-state index contributed by atoms with van der Waals surface area (Å²) >= 11 is 3.46. The lowest BCUT2D eigenvalue weighted by Gasteiger charge is -2.10. The van der Waals surface area contributed by atoms with Gasteiger partial charge in [0, 0.05) is 22.0 Å². The van der Waals surface area contributed by atoms with Crippen LogP contribution in [-0.4, -0.2) is 9.97 Å². The van der Waals surface area contributed by atoms with Crippen LogP contribution in [0.1, 0.15) is 11.1 Å². The summed E-state index contributed by atoms with van der Waals surface area (Å²) in [4.78, 5) is 8.79. The van der Waals surface area contributed by atoms with E-state index in [1.807, 2.05) is 30.3 Å². The molecular formula is C18H17BrN4. The monoisotopic (exact) mass is 368 g/mol. The highest BCUT2D eigenvalue weighted by molar-refractivity contribution is 9.10. The lowest BCUT2D eigenvalue weighted by Crippen LogP contribution is -2.00. The van der Waals surface area contributed by atoms with E-state index in [1.165, 1.54) is 11.1 Å². The molecule has 0 unspecified atom stereocenters. The van der Waals surface area contributed by atoms with E-state index < -0.39 is 0 Å². The second-order valence-electron chi connectivity index (χ2n) is 5.40. The van der Waals surface area contributed by atoms with Crippen molar-refractivity contribution in [3.63, 3.8) is 0 Å². The molecule has 1 heterocycles. The average Bonchev–Trinajstić information content (AvgIpc) is 2.46. The molecule has 0 aliphatic heterocycles. The summed E-state index contributed by atoms with van der Waals surface area (Å²) in [5, 5.41) is 6.52. The fourth-order valence-electron chi connectivity index (χ4n) is 2.38. The normalized spacial score (nSPS) is 10.4. The van der Waals surface area contributed by atoms with Crippen molar-refractivity contribution in [1.82, 2.24) is 9.97 Å². The summed E-state index contributed by atoms with van der Waals surface area (Å²) in [6.45, 7) is 4.15. The summed E-state index contributed by atoms with van der Waals surface area (Å²) in [5.74, 6) is 1.31. The van der Waals surface area contributed by atoms with E-state index in [4.69, 9.17) is 0 Å². The Morgan fingerprint density at radius 3 is 2.39 bits per heavy atom. The topological polar surface area (TPSA) is 49.8 Å². The van der Waals surface area contributed by atoms with Gasteiger partial charge in [0.2, 0.25) is 5.95 Å². The second kappa shape index (κ2) is 6.79. The summed E-state index contributed by atoms with van der Waals surface area (Å²) in [6, 6.07) is 16.1. The fraction of sp³-hybridized carbons (Fsp3) is 0.111. The predicted octanol–water partition coefficient (Wildman–Crippen LogP) is 5.34. The Balaban J connectivity index is 1.79. The summed E-state index contributed by atoms with van der Waals surface area (Å²) in [5.41, 5.74) is 4.37.